The number of likely N-dealkylation sites (tertiary alicyclic amines) is 1. The fraction of sp³-hybridized carbons (Fsp3) is 0.429. The van der Waals surface area contributed by atoms with Crippen LogP contribution >= 0.6 is 0 Å². The van der Waals surface area contributed by atoms with Crippen molar-refractivity contribution in [3.05, 3.63) is 65.7 Å². The molecule has 0 radical (unpaired) electrons. The first-order valence-corrected chi connectivity index (χ1v) is 8.88. The van der Waals surface area contributed by atoms with Crippen molar-refractivity contribution >= 4 is 5.69 Å². The molecule has 23 heavy (non-hydrogen) atoms. The van der Waals surface area contributed by atoms with Gasteiger partial charge in [-0.15, -0.1) is 0 Å². The van der Waals surface area contributed by atoms with Gasteiger partial charge in [0.25, 0.3) is 0 Å². The van der Waals surface area contributed by atoms with Gasteiger partial charge in [0.15, 0.2) is 0 Å². The summed E-state index contributed by atoms with van der Waals surface area (Å²) in [7, 11) is 0. The Labute approximate surface area is 140 Å². The molecule has 0 atom stereocenters. The zero-order chi connectivity index (χ0) is 16.1. The van der Waals surface area contributed by atoms with Gasteiger partial charge in [0.05, 0.1) is 0 Å². The van der Waals surface area contributed by atoms with Crippen LogP contribution in [-0.2, 0) is 5.41 Å². The molecule has 2 aromatic carbocycles. The molecule has 0 unspecified atom stereocenters. The summed E-state index contributed by atoms with van der Waals surface area (Å²) >= 11 is 0. The maximum Gasteiger partial charge on any atom is 0.0314 e. The minimum absolute atomic E-state index is 0.137. The van der Waals surface area contributed by atoms with E-state index in [9.17, 15) is 0 Å². The number of anilines is 1. The van der Waals surface area contributed by atoms with Gasteiger partial charge in [-0.05, 0) is 62.2 Å². The fourth-order valence-corrected chi connectivity index (χ4v) is 3.84. The minimum Gasteiger partial charge on any atom is -0.399 e. The Balaban J connectivity index is 1.89. The summed E-state index contributed by atoms with van der Waals surface area (Å²) in [4.78, 5) is 2.63. The van der Waals surface area contributed by atoms with E-state index >= 15 is 0 Å². The molecule has 1 fully saturated rings. The Morgan fingerprint density at radius 2 is 1.52 bits per heavy atom. The molecule has 1 aliphatic rings. The molecule has 0 spiro atoms. The normalized spacial score (nSPS) is 18.0. The second kappa shape index (κ2) is 7.18. The first kappa shape index (κ1) is 16.1. The molecular formula is C21H28N2. The lowest BCUT2D eigenvalue weighted by molar-refractivity contribution is 0.177. The van der Waals surface area contributed by atoms with Gasteiger partial charge in [0.2, 0.25) is 0 Å². The lowest BCUT2D eigenvalue weighted by atomic mass is 9.68. The second-order valence-electron chi connectivity index (χ2n) is 6.77. The fourth-order valence-electron chi connectivity index (χ4n) is 3.84. The topological polar surface area (TPSA) is 29.3 Å². The smallest absolute Gasteiger partial charge is 0.0314 e. The van der Waals surface area contributed by atoms with Gasteiger partial charge in [0.1, 0.15) is 0 Å². The Kier molecular flexibility index (Phi) is 5.02. The maximum absolute atomic E-state index is 5.91. The zero-order valence-electron chi connectivity index (χ0n) is 14.2. The molecule has 0 aliphatic carbocycles. The number of benzene rings is 2. The first-order valence-electron chi connectivity index (χ1n) is 8.88. The Hall–Kier alpha value is -1.80. The van der Waals surface area contributed by atoms with Crippen molar-refractivity contribution in [1.82, 2.24) is 4.90 Å². The summed E-state index contributed by atoms with van der Waals surface area (Å²) in [6.45, 7) is 5.87. The summed E-state index contributed by atoms with van der Waals surface area (Å²) in [6, 6.07) is 19.6. The van der Waals surface area contributed by atoms with E-state index in [-0.39, 0.29) is 5.41 Å². The van der Waals surface area contributed by atoms with Crippen molar-refractivity contribution in [2.75, 3.05) is 25.4 Å². The molecule has 2 N–H and O–H groups in total. The maximum atomic E-state index is 5.91. The van der Waals surface area contributed by atoms with Crippen LogP contribution in [0.3, 0.4) is 0 Å². The molecule has 0 amide bonds. The average molecular weight is 308 g/mol. The quantitative estimate of drug-likeness (QED) is 0.827. The lowest BCUT2D eigenvalue weighted by Gasteiger charge is -2.43. The third-order valence-electron chi connectivity index (χ3n) is 5.33. The highest BCUT2D eigenvalue weighted by Crippen LogP contribution is 2.41. The van der Waals surface area contributed by atoms with Crippen molar-refractivity contribution in [2.45, 2.75) is 38.0 Å². The van der Waals surface area contributed by atoms with Crippen LogP contribution in [0.2, 0.25) is 0 Å². The van der Waals surface area contributed by atoms with Crippen LogP contribution in [0, 0.1) is 0 Å². The van der Waals surface area contributed by atoms with Gasteiger partial charge in [-0.1, -0.05) is 55.8 Å². The number of nitrogen functional groups attached to an aromatic ring is 1. The molecule has 1 saturated heterocycles. The second-order valence-corrected chi connectivity index (χ2v) is 6.77. The van der Waals surface area contributed by atoms with Crippen LogP contribution in [0.25, 0.3) is 0 Å². The molecule has 1 heterocycles. The average Bonchev–Trinajstić information content (AvgIpc) is 2.62. The third kappa shape index (κ3) is 3.42. The van der Waals surface area contributed by atoms with Crippen molar-refractivity contribution < 1.29 is 0 Å². The van der Waals surface area contributed by atoms with Gasteiger partial charge in [-0.25, -0.2) is 0 Å². The summed E-state index contributed by atoms with van der Waals surface area (Å²) in [5, 5.41) is 0. The summed E-state index contributed by atoms with van der Waals surface area (Å²) in [5.74, 6) is 0. The number of hydrogen-bond donors (Lipinski definition) is 1. The van der Waals surface area contributed by atoms with Crippen LogP contribution < -0.4 is 5.73 Å². The van der Waals surface area contributed by atoms with E-state index < -0.39 is 0 Å². The van der Waals surface area contributed by atoms with Crippen molar-refractivity contribution in [3.8, 4) is 0 Å². The van der Waals surface area contributed by atoms with Gasteiger partial charge in [-0.3, -0.25) is 0 Å². The number of nitrogens with two attached hydrogens (primary N) is 1. The predicted octanol–water partition coefficient (Wildman–Crippen LogP) is 4.45. The van der Waals surface area contributed by atoms with Gasteiger partial charge < -0.3 is 10.6 Å². The Morgan fingerprint density at radius 1 is 0.913 bits per heavy atom. The number of rotatable bonds is 5. The van der Waals surface area contributed by atoms with E-state index in [4.69, 9.17) is 5.73 Å². The van der Waals surface area contributed by atoms with Crippen LogP contribution in [0.1, 0.15) is 43.7 Å². The molecule has 2 heteroatoms. The molecule has 2 aromatic rings. The Morgan fingerprint density at radius 3 is 2.13 bits per heavy atom. The van der Waals surface area contributed by atoms with E-state index in [1.165, 1.54) is 56.4 Å². The van der Waals surface area contributed by atoms with E-state index in [1.54, 1.807) is 0 Å². The molecule has 3 rings (SSSR count). The molecule has 0 bridgehead atoms. The molecule has 0 aromatic heterocycles. The van der Waals surface area contributed by atoms with Crippen LogP contribution in [-0.4, -0.2) is 24.5 Å². The summed E-state index contributed by atoms with van der Waals surface area (Å²) in [6.07, 6.45) is 4.95. The largest absolute Gasteiger partial charge is 0.399 e. The summed E-state index contributed by atoms with van der Waals surface area (Å²) in [5.41, 5.74) is 9.74. The van der Waals surface area contributed by atoms with Gasteiger partial charge >= 0.3 is 0 Å². The zero-order valence-corrected chi connectivity index (χ0v) is 14.2. The molecule has 1 aliphatic heterocycles. The van der Waals surface area contributed by atoms with Crippen LogP contribution in [0.4, 0.5) is 5.69 Å². The molecule has 122 valence electrons. The number of unbranched alkanes of at least 4 members (excludes halogenated alkanes) is 1. The lowest BCUT2D eigenvalue weighted by Crippen LogP contribution is -2.43. The SMILES string of the molecule is CCCCN1CCC(c2ccccc2)(c2ccc(N)cc2)CC1. The first-order chi connectivity index (χ1) is 11.2. The number of hydrogen-bond acceptors (Lipinski definition) is 2. The number of piperidine rings is 1. The van der Waals surface area contributed by atoms with Crippen molar-refractivity contribution in [1.29, 1.82) is 0 Å². The summed E-state index contributed by atoms with van der Waals surface area (Å²) < 4.78 is 0. The highest BCUT2D eigenvalue weighted by Gasteiger charge is 2.37. The molecule has 0 saturated carbocycles. The highest BCUT2D eigenvalue weighted by atomic mass is 15.1. The number of nitrogens with zero attached hydrogens (tertiary/aromatic N) is 1. The van der Waals surface area contributed by atoms with Crippen molar-refractivity contribution in [3.63, 3.8) is 0 Å². The Bertz CT molecular complexity index is 595. The molecule has 2 nitrogen and oxygen atoms in total. The monoisotopic (exact) mass is 308 g/mol. The van der Waals surface area contributed by atoms with Gasteiger partial charge in [0, 0.05) is 11.1 Å². The third-order valence-corrected chi connectivity index (χ3v) is 5.33. The van der Waals surface area contributed by atoms with E-state index in [1.807, 2.05) is 12.1 Å². The minimum atomic E-state index is 0.137. The van der Waals surface area contributed by atoms with E-state index in [2.05, 4.69) is 54.3 Å². The van der Waals surface area contributed by atoms with Gasteiger partial charge in [-0.2, -0.15) is 0 Å². The van der Waals surface area contributed by atoms with Crippen molar-refractivity contribution in [2.24, 2.45) is 0 Å². The standard InChI is InChI=1S/C21H28N2/c1-2-3-15-23-16-13-21(14-17-23,18-7-5-4-6-8-18)19-9-11-20(22)12-10-19/h4-12H,2-3,13-17,22H2,1H3. The van der Waals surface area contributed by atoms with Crippen LogP contribution in [0.15, 0.2) is 54.6 Å². The molecular weight excluding hydrogens is 280 g/mol. The van der Waals surface area contributed by atoms with E-state index in [0.717, 1.165) is 5.69 Å². The van der Waals surface area contributed by atoms with E-state index in [0.29, 0.717) is 0 Å². The predicted molar refractivity (Wildman–Crippen MR) is 98.7 cm³/mol. The highest BCUT2D eigenvalue weighted by molar-refractivity contribution is 5.46. The van der Waals surface area contributed by atoms with Crippen LogP contribution in [0.5, 0.6) is 0 Å².